The molecule has 2 amide bonds. The van der Waals surface area contributed by atoms with Crippen LogP contribution in [0.3, 0.4) is 0 Å². The minimum absolute atomic E-state index is 0.118. The smallest absolute Gasteiger partial charge is 0.217 e. The SMILES string of the molecule is CCCCCCO[C@@H]1O[C@H](CO)[C@@H](O[C@@H]2O[C@H](CO)[C@H](O)[C@H](O[C@@H]3O[C@H](CO)[C@@H](O)[C@H](O[C@@H]4O[C@H](CO)[C@H](O)[C@H](O)[C@H]4O)[C@H]3NC(C)=O)[C@H]2O)[C@H](O[C@@H]2O[C@@H](C)[C@@H](O)[C@@H](O)[C@@H]2O)[C@H]1NC(C)=O. The van der Waals surface area contributed by atoms with Crippen LogP contribution in [0, 0.1) is 0 Å². The van der Waals surface area contributed by atoms with E-state index in [9.17, 15) is 76.0 Å². The summed E-state index contributed by atoms with van der Waals surface area (Å²) in [5, 5.41) is 144. The zero-order valence-corrected chi connectivity index (χ0v) is 37.5. The van der Waals surface area contributed by atoms with Gasteiger partial charge in [-0.05, 0) is 13.3 Å². The third-order valence-corrected chi connectivity index (χ3v) is 12.3. The predicted octanol–water partition coefficient (Wildman–Crippen LogP) is -8.00. The van der Waals surface area contributed by atoms with Crippen molar-refractivity contribution in [2.24, 2.45) is 0 Å². The Labute approximate surface area is 385 Å². The Hall–Kier alpha value is -1.98. The molecule has 5 saturated heterocycles. The number of carbonyl (C=O) groups excluding carboxylic acids is 2. The highest BCUT2D eigenvalue weighted by Crippen LogP contribution is 2.37. The van der Waals surface area contributed by atoms with Gasteiger partial charge in [0.05, 0.1) is 32.5 Å². The number of unbranched alkanes of at least 4 members (excludes halogenated alkanes) is 3. The molecule has 27 nitrogen and oxygen atoms in total. The highest BCUT2D eigenvalue weighted by atomic mass is 16.8. The topological polar surface area (TPSA) is 413 Å². The van der Waals surface area contributed by atoms with Gasteiger partial charge in [0, 0.05) is 20.5 Å². The van der Waals surface area contributed by atoms with Crippen LogP contribution in [0.25, 0.3) is 0 Å². The van der Waals surface area contributed by atoms with Crippen LogP contribution in [0.5, 0.6) is 0 Å². The average molecular weight is 979 g/mol. The van der Waals surface area contributed by atoms with Crippen LogP contribution in [0.15, 0.2) is 0 Å². The van der Waals surface area contributed by atoms with E-state index in [1.807, 2.05) is 6.92 Å². The highest BCUT2D eigenvalue weighted by molar-refractivity contribution is 5.73. The van der Waals surface area contributed by atoms with Gasteiger partial charge in [-0.3, -0.25) is 9.59 Å². The Morgan fingerprint density at radius 2 is 0.881 bits per heavy atom. The van der Waals surface area contributed by atoms with E-state index in [-0.39, 0.29) is 6.61 Å². The first-order valence-electron chi connectivity index (χ1n) is 22.4. The Bertz CT molecular complexity index is 1520. The molecule has 0 spiro atoms. The van der Waals surface area contributed by atoms with Crippen LogP contribution in [0.4, 0.5) is 0 Å². The Kier molecular flexibility index (Phi) is 21.2. The lowest BCUT2D eigenvalue weighted by atomic mass is 9.93. The maximum Gasteiger partial charge on any atom is 0.217 e. The van der Waals surface area contributed by atoms with E-state index in [1.165, 1.54) is 13.8 Å². The number of rotatable bonds is 20. The molecular weight excluding hydrogens is 908 g/mol. The van der Waals surface area contributed by atoms with Crippen molar-refractivity contribution in [3.8, 4) is 0 Å². The summed E-state index contributed by atoms with van der Waals surface area (Å²) in [6.07, 6.45) is -36.8. The molecule has 0 unspecified atom stereocenters. The molecule has 5 heterocycles. The largest absolute Gasteiger partial charge is 0.394 e. The van der Waals surface area contributed by atoms with Crippen LogP contribution in [0.1, 0.15) is 53.4 Å². The normalized spacial score (nSPS) is 46.2. The third-order valence-electron chi connectivity index (χ3n) is 12.3. The third kappa shape index (κ3) is 13.1. The lowest BCUT2D eigenvalue weighted by Crippen LogP contribution is -2.71. The lowest BCUT2D eigenvalue weighted by molar-refractivity contribution is -0.386. The molecule has 27 heteroatoms. The molecular formula is C40H70N2O25. The van der Waals surface area contributed by atoms with Gasteiger partial charge in [-0.2, -0.15) is 0 Å². The highest BCUT2D eigenvalue weighted by Gasteiger charge is 2.57. The van der Waals surface area contributed by atoms with Crippen molar-refractivity contribution in [2.45, 2.75) is 207 Å². The number of ether oxygens (including phenoxy) is 10. The van der Waals surface area contributed by atoms with Crippen molar-refractivity contribution in [1.29, 1.82) is 0 Å². The predicted molar refractivity (Wildman–Crippen MR) is 216 cm³/mol. The van der Waals surface area contributed by atoms with Crippen LogP contribution < -0.4 is 10.6 Å². The zero-order valence-electron chi connectivity index (χ0n) is 37.5. The first kappa shape index (κ1) is 55.9. The summed E-state index contributed by atoms with van der Waals surface area (Å²) in [6, 6.07) is -3.02. The summed E-state index contributed by atoms with van der Waals surface area (Å²) in [6.45, 7) is 2.16. The van der Waals surface area contributed by atoms with Crippen molar-refractivity contribution >= 4 is 11.8 Å². The molecule has 0 aromatic carbocycles. The summed E-state index contributed by atoms with van der Waals surface area (Å²) < 4.78 is 59.4. The maximum atomic E-state index is 12.7. The van der Waals surface area contributed by atoms with E-state index in [0.29, 0.717) is 6.42 Å². The molecule has 0 aliphatic carbocycles. The van der Waals surface area contributed by atoms with Crippen molar-refractivity contribution in [2.75, 3.05) is 33.0 Å². The Balaban J connectivity index is 1.48. The van der Waals surface area contributed by atoms with Gasteiger partial charge in [0.1, 0.15) is 116 Å². The van der Waals surface area contributed by atoms with Crippen molar-refractivity contribution in [3.05, 3.63) is 0 Å². The second-order valence-corrected chi connectivity index (χ2v) is 17.3. The van der Waals surface area contributed by atoms with Gasteiger partial charge in [0.2, 0.25) is 11.8 Å². The van der Waals surface area contributed by atoms with E-state index >= 15 is 0 Å². The monoisotopic (exact) mass is 978 g/mol. The second-order valence-electron chi connectivity index (χ2n) is 17.3. The number of carbonyl (C=O) groups is 2. The number of aliphatic hydroxyl groups is 13. The minimum atomic E-state index is -2.14. The summed E-state index contributed by atoms with van der Waals surface area (Å²) in [4.78, 5) is 25.4. The van der Waals surface area contributed by atoms with E-state index in [4.69, 9.17) is 47.4 Å². The number of nitrogens with one attached hydrogen (secondary N) is 2. The Morgan fingerprint density at radius 1 is 0.448 bits per heavy atom. The standard InChI is InChI=1S/C40H70N2O25/c1-5-6-7-8-9-58-36-22(42-16(4)48)34(66-38-29(55)27(53)23(49)14(2)59-38)32(20(13-46)63-36)64-40-31(57)35(26(52)19(12-45)62-40)67-37-21(41-15(3)47)33(25(51)18(11-44)60-37)65-39-30(56)28(54)24(50)17(10-43)61-39/h14,17-40,43-46,49-57H,5-13H2,1-4H3,(H,41,47)(H,42,48)/t14-,17+,18+,19+,20+,21+,22+,23+,24-,25+,26-,27+,28-,29-,30+,31+,32+,33+,34+,35-,36+,37-,38-,39-,40-/m0/s1. The molecule has 0 radical (unpaired) electrons. The van der Waals surface area contributed by atoms with Crippen molar-refractivity contribution in [3.63, 3.8) is 0 Å². The van der Waals surface area contributed by atoms with Crippen molar-refractivity contribution in [1.82, 2.24) is 10.6 Å². The molecule has 5 aliphatic heterocycles. The first-order chi connectivity index (χ1) is 31.8. The fourth-order valence-electron chi connectivity index (χ4n) is 8.62. The number of hydrogen-bond donors (Lipinski definition) is 15. The maximum absolute atomic E-state index is 12.7. The number of aliphatic hydroxyl groups excluding tert-OH is 13. The molecule has 5 rings (SSSR count). The van der Waals surface area contributed by atoms with Gasteiger partial charge in [-0.15, -0.1) is 0 Å². The van der Waals surface area contributed by atoms with E-state index in [1.54, 1.807) is 0 Å². The van der Waals surface area contributed by atoms with Gasteiger partial charge in [-0.25, -0.2) is 0 Å². The molecule has 0 aromatic heterocycles. The van der Waals surface area contributed by atoms with Crippen LogP contribution in [-0.2, 0) is 57.0 Å². The zero-order chi connectivity index (χ0) is 49.4. The summed E-state index contributed by atoms with van der Waals surface area (Å²) in [7, 11) is 0. The molecule has 390 valence electrons. The molecule has 0 saturated carbocycles. The molecule has 15 N–H and O–H groups in total. The van der Waals surface area contributed by atoms with Crippen molar-refractivity contribution < 1.29 is 123 Å². The fraction of sp³-hybridized carbons (Fsp3) is 0.950. The molecule has 25 atom stereocenters. The van der Waals surface area contributed by atoms with E-state index in [2.05, 4.69) is 10.6 Å². The fourth-order valence-corrected chi connectivity index (χ4v) is 8.62. The summed E-state index contributed by atoms with van der Waals surface area (Å²) in [5.74, 6) is -1.43. The van der Waals surface area contributed by atoms with Gasteiger partial charge < -0.3 is 124 Å². The van der Waals surface area contributed by atoms with Gasteiger partial charge in [0.25, 0.3) is 0 Å². The van der Waals surface area contributed by atoms with E-state index in [0.717, 1.165) is 26.2 Å². The summed E-state index contributed by atoms with van der Waals surface area (Å²) >= 11 is 0. The Morgan fingerprint density at radius 3 is 1.43 bits per heavy atom. The molecule has 5 fully saturated rings. The van der Waals surface area contributed by atoms with Gasteiger partial charge >= 0.3 is 0 Å². The van der Waals surface area contributed by atoms with Gasteiger partial charge in [-0.1, -0.05) is 26.2 Å². The summed E-state index contributed by atoms with van der Waals surface area (Å²) in [5.41, 5.74) is 0. The van der Waals surface area contributed by atoms with Crippen LogP contribution in [0.2, 0.25) is 0 Å². The molecule has 67 heavy (non-hydrogen) atoms. The molecule has 5 aliphatic rings. The van der Waals surface area contributed by atoms with E-state index < -0.39 is 192 Å². The van der Waals surface area contributed by atoms with Crippen LogP contribution >= 0.6 is 0 Å². The van der Waals surface area contributed by atoms with Crippen LogP contribution in [-0.4, -0.2) is 265 Å². The lowest BCUT2D eigenvalue weighted by Gasteiger charge is -2.51. The molecule has 0 aromatic rings. The molecule has 0 bridgehead atoms. The van der Waals surface area contributed by atoms with Gasteiger partial charge in [0.15, 0.2) is 31.5 Å². The number of hydrogen-bond acceptors (Lipinski definition) is 25. The average Bonchev–Trinajstić information content (AvgIpc) is 3.29. The first-order valence-corrected chi connectivity index (χ1v) is 22.4. The second kappa shape index (κ2) is 25.4. The number of amides is 2. The quantitative estimate of drug-likeness (QED) is 0.0504. The minimum Gasteiger partial charge on any atom is -0.394 e.